The second kappa shape index (κ2) is 4.88. The van der Waals surface area contributed by atoms with Gasteiger partial charge < -0.3 is 4.90 Å². The summed E-state index contributed by atoms with van der Waals surface area (Å²) >= 11 is 2.47. The summed E-state index contributed by atoms with van der Waals surface area (Å²) in [5, 5.41) is 0. The molecule has 0 aliphatic carbocycles. The Morgan fingerprint density at radius 3 is 2.33 bits per heavy atom. The van der Waals surface area contributed by atoms with Crippen molar-refractivity contribution < 1.29 is 0 Å². The number of nitrogens with zero attached hydrogens (tertiary/aromatic N) is 2. The van der Waals surface area contributed by atoms with Crippen molar-refractivity contribution >= 4 is 22.9 Å². The van der Waals surface area contributed by atoms with Crippen molar-refractivity contribution in [2.45, 2.75) is 45.6 Å². The number of hydrogen-bond acceptors (Lipinski definition) is 2. The van der Waals surface area contributed by atoms with Crippen LogP contribution in [-0.2, 0) is 0 Å². The van der Waals surface area contributed by atoms with E-state index in [9.17, 15) is 0 Å². The third-order valence-corrected chi connectivity index (χ3v) is 5.16. The van der Waals surface area contributed by atoms with Gasteiger partial charge in [-0.05, 0) is 51.5 Å². The van der Waals surface area contributed by atoms with Gasteiger partial charge in [-0.3, -0.25) is 0 Å². The van der Waals surface area contributed by atoms with Gasteiger partial charge >= 0.3 is 0 Å². The number of piperidine rings is 2. The molecule has 15 heavy (non-hydrogen) atoms. The number of hydrogen-bond donors (Lipinski definition) is 0. The molecule has 88 valence electrons. The van der Waals surface area contributed by atoms with Crippen LogP contribution in [0.5, 0.6) is 0 Å². The summed E-state index contributed by atoms with van der Waals surface area (Å²) in [6.45, 7) is 9.96. The first-order valence-corrected chi connectivity index (χ1v) is 7.23. The summed E-state index contributed by atoms with van der Waals surface area (Å²) in [5.74, 6) is 0. The lowest BCUT2D eigenvalue weighted by atomic mass is 9.72. The fraction of sp³-hybridized carbons (Fsp3) is 1.00. The Morgan fingerprint density at radius 1 is 1.07 bits per heavy atom. The Hall–Kier alpha value is 0.650. The third kappa shape index (κ3) is 2.86. The summed E-state index contributed by atoms with van der Waals surface area (Å²) < 4.78 is 2.46. The molecule has 0 aromatic heterocycles. The van der Waals surface area contributed by atoms with E-state index < -0.39 is 0 Å². The Bertz CT molecular complexity index is 210. The molecule has 0 aromatic rings. The molecule has 0 radical (unpaired) electrons. The highest BCUT2D eigenvalue weighted by molar-refractivity contribution is 14.1. The molecule has 1 spiro atoms. The van der Waals surface area contributed by atoms with Gasteiger partial charge in [0.1, 0.15) is 0 Å². The number of halogens is 1. The molecule has 0 amide bonds. The van der Waals surface area contributed by atoms with E-state index in [1.165, 1.54) is 51.9 Å². The molecule has 0 N–H and O–H groups in total. The van der Waals surface area contributed by atoms with Crippen LogP contribution in [0.3, 0.4) is 0 Å². The number of likely N-dealkylation sites (tertiary alicyclic amines) is 1. The molecule has 0 bridgehead atoms. The second-order valence-electron chi connectivity index (χ2n) is 5.58. The predicted molar refractivity (Wildman–Crippen MR) is 73.2 cm³/mol. The van der Waals surface area contributed by atoms with Crippen LogP contribution in [-0.4, -0.2) is 40.2 Å². The van der Waals surface area contributed by atoms with Crippen molar-refractivity contribution in [3.05, 3.63) is 0 Å². The van der Waals surface area contributed by atoms with E-state index >= 15 is 0 Å². The second-order valence-corrected chi connectivity index (χ2v) is 6.94. The van der Waals surface area contributed by atoms with Gasteiger partial charge in [0.05, 0.1) is 0 Å². The van der Waals surface area contributed by atoms with Gasteiger partial charge in [0, 0.05) is 48.5 Å². The average molecular weight is 322 g/mol. The fourth-order valence-corrected chi connectivity index (χ4v) is 3.53. The van der Waals surface area contributed by atoms with E-state index in [-0.39, 0.29) is 0 Å². The van der Waals surface area contributed by atoms with Crippen LogP contribution in [0.2, 0.25) is 0 Å². The highest BCUT2D eigenvalue weighted by atomic mass is 127. The van der Waals surface area contributed by atoms with Gasteiger partial charge in [0.2, 0.25) is 0 Å². The molecule has 0 unspecified atom stereocenters. The first kappa shape index (κ1) is 12.1. The lowest BCUT2D eigenvalue weighted by molar-refractivity contribution is 0.0322. The Balaban J connectivity index is 1.96. The SMILES string of the molecule is CC(C)N1CCCC2(CCN(I)CC2)C1. The summed E-state index contributed by atoms with van der Waals surface area (Å²) in [7, 11) is 0. The van der Waals surface area contributed by atoms with Gasteiger partial charge in [-0.2, -0.15) is 0 Å². The van der Waals surface area contributed by atoms with Crippen LogP contribution in [0.4, 0.5) is 0 Å². The van der Waals surface area contributed by atoms with Crippen molar-refractivity contribution in [1.82, 2.24) is 8.01 Å². The van der Waals surface area contributed by atoms with Crippen molar-refractivity contribution in [3.63, 3.8) is 0 Å². The minimum Gasteiger partial charge on any atom is -0.300 e. The van der Waals surface area contributed by atoms with Crippen molar-refractivity contribution in [1.29, 1.82) is 0 Å². The molecular formula is C12H23IN2. The zero-order valence-electron chi connectivity index (χ0n) is 10.0. The highest BCUT2D eigenvalue weighted by Gasteiger charge is 2.38. The molecule has 2 aliphatic heterocycles. The first-order chi connectivity index (χ1) is 7.11. The summed E-state index contributed by atoms with van der Waals surface area (Å²) in [4.78, 5) is 2.69. The molecule has 2 saturated heterocycles. The standard InChI is InChI=1S/C12H23IN2/c1-11(2)14-7-3-4-12(10-14)5-8-15(13)9-6-12/h11H,3-10H2,1-2H3. The lowest BCUT2D eigenvalue weighted by Gasteiger charge is -2.48. The van der Waals surface area contributed by atoms with Crippen molar-refractivity contribution in [3.8, 4) is 0 Å². The maximum Gasteiger partial charge on any atom is 0.0201 e. The maximum atomic E-state index is 2.69. The zero-order valence-corrected chi connectivity index (χ0v) is 12.2. The van der Waals surface area contributed by atoms with Crippen molar-refractivity contribution in [2.24, 2.45) is 5.41 Å². The molecule has 3 heteroatoms. The van der Waals surface area contributed by atoms with Crippen LogP contribution in [0.1, 0.15) is 39.5 Å². The minimum absolute atomic E-state index is 0.671. The summed E-state index contributed by atoms with van der Waals surface area (Å²) in [6.07, 6.45) is 5.72. The van der Waals surface area contributed by atoms with E-state index in [0.717, 1.165) is 6.04 Å². The summed E-state index contributed by atoms with van der Waals surface area (Å²) in [5.41, 5.74) is 0.671. The first-order valence-electron chi connectivity index (χ1n) is 6.26. The molecule has 0 saturated carbocycles. The van der Waals surface area contributed by atoms with Crippen LogP contribution in [0.15, 0.2) is 0 Å². The maximum absolute atomic E-state index is 2.69. The monoisotopic (exact) mass is 322 g/mol. The van der Waals surface area contributed by atoms with E-state index in [2.05, 4.69) is 44.7 Å². The van der Waals surface area contributed by atoms with Gasteiger partial charge in [-0.25, -0.2) is 3.11 Å². The third-order valence-electron chi connectivity index (χ3n) is 4.19. The van der Waals surface area contributed by atoms with E-state index in [0.29, 0.717) is 5.41 Å². The van der Waals surface area contributed by atoms with Crippen molar-refractivity contribution in [2.75, 3.05) is 26.2 Å². The van der Waals surface area contributed by atoms with Gasteiger partial charge in [0.25, 0.3) is 0 Å². The quantitative estimate of drug-likeness (QED) is 0.541. The van der Waals surface area contributed by atoms with E-state index in [1.54, 1.807) is 0 Å². The Morgan fingerprint density at radius 2 is 1.73 bits per heavy atom. The molecule has 0 aromatic carbocycles. The Labute approximate surface area is 108 Å². The minimum atomic E-state index is 0.671. The summed E-state index contributed by atoms with van der Waals surface area (Å²) in [6, 6.07) is 0.736. The average Bonchev–Trinajstić information content (AvgIpc) is 2.23. The van der Waals surface area contributed by atoms with Crippen LogP contribution < -0.4 is 0 Å². The fourth-order valence-electron chi connectivity index (χ4n) is 3.05. The van der Waals surface area contributed by atoms with Gasteiger partial charge in [-0.15, -0.1) is 0 Å². The van der Waals surface area contributed by atoms with Crippen LogP contribution in [0.25, 0.3) is 0 Å². The normalized spacial score (nSPS) is 28.8. The lowest BCUT2D eigenvalue weighted by Crippen LogP contribution is -2.49. The molecule has 2 aliphatic rings. The zero-order chi connectivity index (χ0) is 10.9. The topological polar surface area (TPSA) is 6.48 Å². The largest absolute Gasteiger partial charge is 0.300 e. The smallest absolute Gasteiger partial charge is 0.0201 e. The van der Waals surface area contributed by atoms with E-state index in [4.69, 9.17) is 0 Å². The molecule has 2 fully saturated rings. The molecule has 0 atom stereocenters. The van der Waals surface area contributed by atoms with Gasteiger partial charge in [-0.1, -0.05) is 0 Å². The molecule has 2 rings (SSSR count). The van der Waals surface area contributed by atoms with Crippen LogP contribution >= 0.6 is 22.9 Å². The highest BCUT2D eigenvalue weighted by Crippen LogP contribution is 2.40. The molecule has 2 nitrogen and oxygen atoms in total. The predicted octanol–water partition coefficient (Wildman–Crippen LogP) is 2.92. The Kier molecular flexibility index (Phi) is 3.94. The van der Waals surface area contributed by atoms with E-state index in [1.807, 2.05) is 0 Å². The molecule has 2 heterocycles. The number of rotatable bonds is 1. The van der Waals surface area contributed by atoms with Gasteiger partial charge in [0.15, 0.2) is 0 Å². The van der Waals surface area contributed by atoms with Crippen LogP contribution in [0, 0.1) is 5.41 Å². The molecular weight excluding hydrogens is 299 g/mol.